The number of carbonyl (C=O) groups is 1. The van der Waals surface area contributed by atoms with Gasteiger partial charge in [-0.15, -0.1) is 0 Å². The molecule has 0 bridgehead atoms. The molecule has 1 aromatic heterocycles. The van der Waals surface area contributed by atoms with Gasteiger partial charge in [0.05, 0.1) is 5.56 Å². The fourth-order valence-electron chi connectivity index (χ4n) is 2.02. The minimum Gasteiger partial charge on any atom is -0.360 e. The van der Waals surface area contributed by atoms with Crippen LogP contribution in [-0.2, 0) is 0 Å². The number of anilines is 1. The highest BCUT2D eigenvalue weighted by Gasteiger charge is 2.12. The Labute approximate surface area is 119 Å². The van der Waals surface area contributed by atoms with Crippen LogP contribution < -0.4 is 5.32 Å². The SMILES string of the molecule is O=C(Nc1ccc(F)cc1)c1c[nH]c2cc(Cl)ccc12. The number of halogens is 2. The molecule has 0 spiro atoms. The van der Waals surface area contributed by atoms with Crippen molar-refractivity contribution in [3.8, 4) is 0 Å². The summed E-state index contributed by atoms with van der Waals surface area (Å²) in [4.78, 5) is 15.2. The zero-order valence-electron chi connectivity index (χ0n) is 10.3. The maximum Gasteiger partial charge on any atom is 0.257 e. The highest BCUT2D eigenvalue weighted by Crippen LogP contribution is 2.23. The van der Waals surface area contributed by atoms with Gasteiger partial charge in [-0.1, -0.05) is 17.7 Å². The zero-order valence-corrected chi connectivity index (χ0v) is 11.0. The normalized spacial score (nSPS) is 10.7. The van der Waals surface area contributed by atoms with Crippen LogP contribution in [0.4, 0.5) is 10.1 Å². The van der Waals surface area contributed by atoms with Crippen molar-refractivity contribution in [2.75, 3.05) is 5.32 Å². The molecule has 0 aliphatic carbocycles. The first-order chi connectivity index (χ1) is 9.63. The second kappa shape index (κ2) is 4.98. The first kappa shape index (κ1) is 12.7. The zero-order chi connectivity index (χ0) is 14.1. The van der Waals surface area contributed by atoms with E-state index in [9.17, 15) is 9.18 Å². The lowest BCUT2D eigenvalue weighted by atomic mass is 10.1. The van der Waals surface area contributed by atoms with Crippen molar-refractivity contribution in [1.29, 1.82) is 0 Å². The van der Waals surface area contributed by atoms with Gasteiger partial charge in [0.25, 0.3) is 5.91 Å². The molecule has 0 saturated heterocycles. The Morgan fingerprint density at radius 1 is 1.15 bits per heavy atom. The minimum absolute atomic E-state index is 0.259. The smallest absolute Gasteiger partial charge is 0.257 e. The summed E-state index contributed by atoms with van der Waals surface area (Å²) in [5.41, 5.74) is 1.85. The number of H-pyrrole nitrogens is 1. The third-order valence-corrected chi connectivity index (χ3v) is 3.23. The second-order valence-corrected chi connectivity index (χ2v) is 4.79. The van der Waals surface area contributed by atoms with Crippen LogP contribution in [0, 0.1) is 5.82 Å². The molecule has 1 amide bonds. The fraction of sp³-hybridized carbons (Fsp3) is 0. The average Bonchev–Trinajstić information content (AvgIpc) is 2.84. The lowest BCUT2D eigenvalue weighted by molar-refractivity contribution is 0.102. The average molecular weight is 289 g/mol. The molecule has 0 atom stereocenters. The Morgan fingerprint density at radius 2 is 1.90 bits per heavy atom. The second-order valence-electron chi connectivity index (χ2n) is 4.35. The third-order valence-electron chi connectivity index (χ3n) is 2.99. The van der Waals surface area contributed by atoms with E-state index >= 15 is 0 Å². The minimum atomic E-state index is -0.343. The molecule has 0 unspecified atom stereocenters. The first-order valence-corrected chi connectivity index (χ1v) is 6.35. The molecular formula is C15H10ClFN2O. The largest absolute Gasteiger partial charge is 0.360 e. The summed E-state index contributed by atoms with van der Waals surface area (Å²) in [5.74, 6) is -0.602. The van der Waals surface area contributed by atoms with Crippen molar-refractivity contribution < 1.29 is 9.18 Å². The van der Waals surface area contributed by atoms with Crippen molar-refractivity contribution in [1.82, 2.24) is 4.98 Å². The number of rotatable bonds is 2. The Balaban J connectivity index is 1.91. The molecule has 0 aliphatic rings. The van der Waals surface area contributed by atoms with Crippen molar-refractivity contribution in [2.24, 2.45) is 0 Å². The highest BCUT2D eigenvalue weighted by atomic mass is 35.5. The molecule has 3 rings (SSSR count). The van der Waals surface area contributed by atoms with Gasteiger partial charge in [0, 0.05) is 27.8 Å². The van der Waals surface area contributed by atoms with Gasteiger partial charge in [-0.3, -0.25) is 4.79 Å². The molecule has 0 radical (unpaired) electrons. The van der Waals surface area contributed by atoms with Gasteiger partial charge in [-0.2, -0.15) is 0 Å². The van der Waals surface area contributed by atoms with Gasteiger partial charge in [0.1, 0.15) is 5.82 Å². The quantitative estimate of drug-likeness (QED) is 0.729. The van der Waals surface area contributed by atoms with Crippen molar-refractivity contribution in [3.63, 3.8) is 0 Å². The van der Waals surface area contributed by atoms with Gasteiger partial charge < -0.3 is 10.3 Å². The van der Waals surface area contributed by atoms with Gasteiger partial charge in [0.15, 0.2) is 0 Å². The number of carbonyl (C=O) groups excluding carboxylic acids is 1. The van der Waals surface area contributed by atoms with Crippen LogP contribution in [-0.4, -0.2) is 10.9 Å². The number of hydrogen-bond acceptors (Lipinski definition) is 1. The molecule has 0 fully saturated rings. The molecule has 1 heterocycles. The Bertz CT molecular complexity index is 780. The molecule has 3 aromatic rings. The number of benzene rings is 2. The highest BCUT2D eigenvalue weighted by molar-refractivity contribution is 6.31. The van der Waals surface area contributed by atoms with Crippen LogP contribution in [0.3, 0.4) is 0 Å². The van der Waals surface area contributed by atoms with Crippen LogP contribution in [0.2, 0.25) is 5.02 Å². The lowest BCUT2D eigenvalue weighted by Gasteiger charge is -2.04. The third kappa shape index (κ3) is 2.38. The predicted molar refractivity (Wildman–Crippen MR) is 77.7 cm³/mol. The van der Waals surface area contributed by atoms with Crippen molar-refractivity contribution >= 4 is 34.1 Å². The van der Waals surface area contributed by atoms with Crippen LogP contribution in [0.15, 0.2) is 48.7 Å². The van der Waals surface area contributed by atoms with E-state index in [4.69, 9.17) is 11.6 Å². The summed E-state index contributed by atoms with van der Waals surface area (Å²) in [7, 11) is 0. The Morgan fingerprint density at radius 3 is 2.65 bits per heavy atom. The summed E-state index contributed by atoms with van der Waals surface area (Å²) in [6, 6.07) is 10.9. The van der Waals surface area contributed by atoms with Crippen molar-refractivity contribution in [2.45, 2.75) is 0 Å². The summed E-state index contributed by atoms with van der Waals surface area (Å²) in [6.45, 7) is 0. The number of amides is 1. The number of nitrogens with one attached hydrogen (secondary N) is 2. The summed E-state index contributed by atoms with van der Waals surface area (Å²) >= 11 is 5.90. The van der Waals surface area contributed by atoms with Crippen molar-refractivity contribution in [3.05, 3.63) is 65.1 Å². The number of aromatic nitrogens is 1. The molecule has 100 valence electrons. The molecule has 2 aromatic carbocycles. The summed E-state index contributed by atoms with van der Waals surface area (Å²) < 4.78 is 12.8. The van der Waals surface area contributed by atoms with E-state index in [0.29, 0.717) is 16.3 Å². The van der Waals surface area contributed by atoms with Crippen LogP contribution in [0.5, 0.6) is 0 Å². The molecule has 2 N–H and O–H groups in total. The Kier molecular flexibility index (Phi) is 3.16. The van der Waals surface area contributed by atoms with Crippen LogP contribution in [0.1, 0.15) is 10.4 Å². The van der Waals surface area contributed by atoms with E-state index in [2.05, 4.69) is 10.3 Å². The number of fused-ring (bicyclic) bond motifs is 1. The van der Waals surface area contributed by atoms with Gasteiger partial charge in [-0.05, 0) is 36.4 Å². The van der Waals surface area contributed by atoms with E-state index in [1.165, 1.54) is 24.3 Å². The van der Waals surface area contributed by atoms with Crippen LogP contribution in [0.25, 0.3) is 10.9 Å². The van der Waals surface area contributed by atoms with Gasteiger partial charge in [0.2, 0.25) is 0 Å². The van der Waals surface area contributed by atoms with E-state index in [1.807, 2.05) is 0 Å². The Hall–Kier alpha value is -2.33. The molecule has 3 nitrogen and oxygen atoms in total. The van der Waals surface area contributed by atoms with E-state index in [-0.39, 0.29) is 11.7 Å². The number of aromatic amines is 1. The van der Waals surface area contributed by atoms with Gasteiger partial charge in [-0.25, -0.2) is 4.39 Å². The summed E-state index contributed by atoms with van der Waals surface area (Å²) in [6.07, 6.45) is 1.62. The topological polar surface area (TPSA) is 44.9 Å². The lowest BCUT2D eigenvalue weighted by Crippen LogP contribution is -2.11. The van der Waals surface area contributed by atoms with E-state index in [0.717, 1.165) is 10.9 Å². The van der Waals surface area contributed by atoms with E-state index in [1.54, 1.807) is 24.4 Å². The maximum absolute atomic E-state index is 12.8. The number of hydrogen-bond donors (Lipinski definition) is 2. The monoisotopic (exact) mass is 288 g/mol. The summed E-state index contributed by atoms with van der Waals surface area (Å²) in [5, 5.41) is 4.11. The maximum atomic E-state index is 12.8. The molecule has 0 saturated carbocycles. The molecule has 5 heteroatoms. The molecular weight excluding hydrogens is 279 g/mol. The first-order valence-electron chi connectivity index (χ1n) is 5.97. The predicted octanol–water partition coefficient (Wildman–Crippen LogP) is 4.21. The van der Waals surface area contributed by atoms with Crippen LogP contribution >= 0.6 is 11.6 Å². The van der Waals surface area contributed by atoms with Gasteiger partial charge >= 0.3 is 0 Å². The molecule has 20 heavy (non-hydrogen) atoms. The standard InChI is InChI=1S/C15H10ClFN2O/c16-9-1-6-12-13(8-18-14(12)7-9)15(20)19-11-4-2-10(17)3-5-11/h1-8,18H,(H,19,20). The molecule has 0 aliphatic heterocycles. The fourth-order valence-corrected chi connectivity index (χ4v) is 2.19. The van der Waals surface area contributed by atoms with E-state index < -0.39 is 0 Å².